The predicted octanol–water partition coefficient (Wildman–Crippen LogP) is 4.76. The molecule has 1 N–H and O–H groups in total. The van der Waals surface area contributed by atoms with Crippen molar-refractivity contribution in [2.45, 2.75) is 57.7 Å². The number of nitrogens with zero attached hydrogens (tertiary/aromatic N) is 2. The number of carbonyl (C=O) groups excluding carboxylic acids is 2. The third kappa shape index (κ3) is 7.33. The summed E-state index contributed by atoms with van der Waals surface area (Å²) in [5, 5.41) is 3.30. The first-order valence-corrected chi connectivity index (χ1v) is 14.4. The van der Waals surface area contributed by atoms with E-state index in [1.54, 1.807) is 31.2 Å². The average Bonchev–Trinajstić information content (AvgIpc) is 3.32. The quantitative estimate of drug-likeness (QED) is 0.456. The average molecular weight is 559 g/mol. The number of benzene rings is 2. The van der Waals surface area contributed by atoms with Gasteiger partial charge >= 0.3 is 0 Å². The Labute approximate surface area is 221 Å². The summed E-state index contributed by atoms with van der Waals surface area (Å²) in [4.78, 5) is 28.3. The molecule has 1 fully saturated rings. The second-order valence-electron chi connectivity index (χ2n) is 8.93. The van der Waals surface area contributed by atoms with Crippen molar-refractivity contribution in [2.24, 2.45) is 0 Å². The molecule has 0 saturated heterocycles. The fourth-order valence-electron chi connectivity index (χ4n) is 4.33. The Hall–Kier alpha value is -2.36. The van der Waals surface area contributed by atoms with Crippen LogP contribution in [-0.2, 0) is 26.2 Å². The minimum Gasteiger partial charge on any atom is -0.352 e. The Balaban J connectivity index is 1.92. The molecule has 0 unspecified atom stereocenters. The minimum absolute atomic E-state index is 0.0483. The molecule has 11 heteroatoms. The molecule has 0 spiro atoms. The van der Waals surface area contributed by atoms with Crippen LogP contribution >= 0.6 is 23.2 Å². The number of anilines is 1. The Kier molecular flexibility index (Phi) is 9.60. The van der Waals surface area contributed by atoms with Crippen LogP contribution in [0.3, 0.4) is 0 Å². The van der Waals surface area contributed by atoms with Gasteiger partial charge in [-0.1, -0.05) is 55.1 Å². The molecule has 1 atom stereocenters. The van der Waals surface area contributed by atoms with Crippen LogP contribution in [0.1, 0.15) is 44.6 Å². The van der Waals surface area contributed by atoms with Crippen molar-refractivity contribution in [2.75, 3.05) is 17.1 Å². The van der Waals surface area contributed by atoms with Crippen LogP contribution in [0.2, 0.25) is 10.0 Å². The molecule has 1 aliphatic carbocycles. The summed E-state index contributed by atoms with van der Waals surface area (Å²) in [6.45, 7) is 1.30. The van der Waals surface area contributed by atoms with Gasteiger partial charge < -0.3 is 10.2 Å². The van der Waals surface area contributed by atoms with E-state index in [0.29, 0.717) is 11.4 Å². The second kappa shape index (κ2) is 12.3. The maximum atomic E-state index is 13.7. The van der Waals surface area contributed by atoms with Crippen LogP contribution in [0, 0.1) is 5.82 Å². The van der Waals surface area contributed by atoms with Crippen molar-refractivity contribution in [1.29, 1.82) is 0 Å². The van der Waals surface area contributed by atoms with Crippen molar-refractivity contribution in [3.05, 3.63) is 63.9 Å². The third-order valence-corrected chi connectivity index (χ3v) is 7.91. The first-order chi connectivity index (χ1) is 17.0. The van der Waals surface area contributed by atoms with Crippen LogP contribution in [0.5, 0.6) is 0 Å². The highest BCUT2D eigenvalue weighted by atomic mass is 35.5. The summed E-state index contributed by atoms with van der Waals surface area (Å²) in [6.07, 6.45) is 5.14. The first-order valence-electron chi connectivity index (χ1n) is 11.8. The maximum absolute atomic E-state index is 13.7. The number of amides is 2. The van der Waals surface area contributed by atoms with Crippen LogP contribution in [0.4, 0.5) is 10.1 Å². The third-order valence-electron chi connectivity index (χ3n) is 6.22. The molecule has 3 rings (SSSR count). The van der Waals surface area contributed by atoms with E-state index in [2.05, 4.69) is 5.32 Å². The van der Waals surface area contributed by atoms with Crippen LogP contribution < -0.4 is 9.62 Å². The van der Waals surface area contributed by atoms with E-state index in [0.717, 1.165) is 53.9 Å². The molecular formula is C25H30Cl2FN3O4S. The van der Waals surface area contributed by atoms with Crippen molar-refractivity contribution in [1.82, 2.24) is 10.2 Å². The Bertz CT molecular complexity index is 1190. The molecule has 2 amide bonds. The maximum Gasteiger partial charge on any atom is 0.244 e. The molecule has 196 valence electrons. The van der Waals surface area contributed by atoms with Gasteiger partial charge in [0.25, 0.3) is 0 Å². The summed E-state index contributed by atoms with van der Waals surface area (Å²) < 4.78 is 39.8. The van der Waals surface area contributed by atoms with Gasteiger partial charge in [-0.2, -0.15) is 0 Å². The summed E-state index contributed by atoms with van der Waals surface area (Å²) >= 11 is 11.9. The molecule has 1 aliphatic rings. The lowest BCUT2D eigenvalue weighted by atomic mass is 10.1. The normalized spacial score (nSPS) is 14.9. The summed E-state index contributed by atoms with van der Waals surface area (Å²) in [6, 6.07) is 9.54. The fraction of sp³-hybridized carbons (Fsp3) is 0.440. The Morgan fingerprint density at radius 2 is 1.75 bits per heavy atom. The van der Waals surface area contributed by atoms with E-state index < -0.39 is 34.3 Å². The fourth-order valence-corrected chi connectivity index (χ4v) is 5.47. The molecule has 0 bridgehead atoms. The highest BCUT2D eigenvalue weighted by molar-refractivity contribution is 7.92. The van der Waals surface area contributed by atoms with E-state index in [9.17, 15) is 22.4 Å². The zero-order valence-corrected chi connectivity index (χ0v) is 22.5. The summed E-state index contributed by atoms with van der Waals surface area (Å²) in [5.41, 5.74) is 0.780. The van der Waals surface area contributed by atoms with Gasteiger partial charge in [0, 0.05) is 17.6 Å². The standard InChI is InChI=1S/C25H30Cl2FN3O4S/c1-3-23(25(33)29-19-6-4-5-7-19)30(15-17-8-10-18(26)11-9-17)24(32)16-31(36(2,34)35)20-12-13-22(28)21(27)14-20/h8-14,19,23H,3-7,15-16H2,1-2H3,(H,29,33)/t23-/m1/s1. The monoisotopic (exact) mass is 557 g/mol. The van der Waals surface area contributed by atoms with Gasteiger partial charge in [0.1, 0.15) is 18.4 Å². The lowest BCUT2D eigenvalue weighted by Gasteiger charge is -2.33. The van der Waals surface area contributed by atoms with Crippen LogP contribution in [0.15, 0.2) is 42.5 Å². The van der Waals surface area contributed by atoms with E-state index in [4.69, 9.17) is 23.2 Å². The smallest absolute Gasteiger partial charge is 0.244 e. The van der Waals surface area contributed by atoms with E-state index in [-0.39, 0.29) is 29.2 Å². The zero-order chi connectivity index (χ0) is 26.5. The van der Waals surface area contributed by atoms with Gasteiger partial charge in [0.05, 0.1) is 17.0 Å². The van der Waals surface area contributed by atoms with Gasteiger partial charge in [0.2, 0.25) is 21.8 Å². The number of hydrogen-bond acceptors (Lipinski definition) is 4. The number of sulfonamides is 1. The molecule has 7 nitrogen and oxygen atoms in total. The summed E-state index contributed by atoms with van der Waals surface area (Å²) in [5.74, 6) is -1.56. The highest BCUT2D eigenvalue weighted by Crippen LogP contribution is 2.25. The summed E-state index contributed by atoms with van der Waals surface area (Å²) in [7, 11) is -3.94. The number of carbonyl (C=O) groups is 2. The molecule has 1 saturated carbocycles. The van der Waals surface area contributed by atoms with E-state index in [1.807, 2.05) is 0 Å². The molecule has 0 aliphatic heterocycles. The Morgan fingerprint density at radius 1 is 1.11 bits per heavy atom. The van der Waals surface area contributed by atoms with Crippen molar-refractivity contribution >= 4 is 50.7 Å². The molecule has 0 aromatic heterocycles. The number of halogens is 3. The minimum atomic E-state index is -3.94. The number of rotatable bonds is 10. The van der Waals surface area contributed by atoms with Crippen LogP contribution in [0.25, 0.3) is 0 Å². The Morgan fingerprint density at radius 3 is 2.31 bits per heavy atom. The number of hydrogen-bond donors (Lipinski definition) is 1. The van der Waals surface area contributed by atoms with Gasteiger partial charge in [-0.15, -0.1) is 0 Å². The molecular weight excluding hydrogens is 528 g/mol. The SMILES string of the molecule is CC[C@H](C(=O)NC1CCCC1)N(Cc1ccc(Cl)cc1)C(=O)CN(c1ccc(F)c(Cl)c1)S(C)(=O)=O. The van der Waals surface area contributed by atoms with Gasteiger partial charge in [-0.25, -0.2) is 12.8 Å². The predicted molar refractivity (Wildman–Crippen MR) is 140 cm³/mol. The lowest BCUT2D eigenvalue weighted by molar-refractivity contribution is -0.140. The van der Waals surface area contributed by atoms with E-state index >= 15 is 0 Å². The largest absolute Gasteiger partial charge is 0.352 e. The van der Waals surface area contributed by atoms with Crippen molar-refractivity contribution in [3.8, 4) is 0 Å². The molecule has 36 heavy (non-hydrogen) atoms. The number of nitrogens with one attached hydrogen (secondary N) is 1. The topological polar surface area (TPSA) is 86.8 Å². The molecule has 2 aromatic carbocycles. The molecule has 0 heterocycles. The molecule has 2 aromatic rings. The zero-order valence-electron chi connectivity index (χ0n) is 20.2. The first kappa shape index (κ1) is 28.2. The highest BCUT2D eigenvalue weighted by Gasteiger charge is 2.33. The van der Waals surface area contributed by atoms with Crippen LogP contribution in [-0.4, -0.2) is 50.0 Å². The van der Waals surface area contributed by atoms with Gasteiger partial charge in [-0.3, -0.25) is 13.9 Å². The van der Waals surface area contributed by atoms with Crippen molar-refractivity contribution in [3.63, 3.8) is 0 Å². The second-order valence-corrected chi connectivity index (χ2v) is 11.7. The van der Waals surface area contributed by atoms with E-state index in [1.165, 1.54) is 11.0 Å². The molecule has 0 radical (unpaired) electrons. The van der Waals surface area contributed by atoms with Gasteiger partial charge in [-0.05, 0) is 55.2 Å². The van der Waals surface area contributed by atoms with Crippen molar-refractivity contribution < 1.29 is 22.4 Å². The van der Waals surface area contributed by atoms with Gasteiger partial charge in [0.15, 0.2) is 0 Å². The lowest BCUT2D eigenvalue weighted by Crippen LogP contribution is -2.53.